The number of hydrogen-bond donors (Lipinski definition) is 1. The standard InChI is InChI=1S/C27H40O4Si/c1-26(2,3)32(4,5)31-21(12-11-20-9-7-6-8-10-20)13-14-22-23-19-27(29-17-18-30-27)24(23)15-16-25(22)28/h6-10,21-25,28H,11-12,15-19H2,1-5H3/t21-,22+,23+,24-,25+/m1/s1. The largest absolute Gasteiger partial charge is 0.403 e. The van der Waals surface area contributed by atoms with Crippen molar-refractivity contribution < 1.29 is 19.0 Å². The van der Waals surface area contributed by atoms with Crippen LogP contribution in [0.2, 0.25) is 18.1 Å². The molecule has 32 heavy (non-hydrogen) atoms. The predicted octanol–water partition coefficient (Wildman–Crippen LogP) is 5.16. The molecule has 1 saturated heterocycles. The number of fused-ring (bicyclic) bond motifs is 2. The van der Waals surface area contributed by atoms with Crippen molar-refractivity contribution in [3.05, 3.63) is 35.9 Å². The van der Waals surface area contributed by atoms with Crippen LogP contribution in [0.3, 0.4) is 0 Å². The van der Waals surface area contributed by atoms with Crippen LogP contribution in [-0.4, -0.2) is 44.6 Å². The summed E-state index contributed by atoms with van der Waals surface area (Å²) in [5, 5.41) is 10.9. The van der Waals surface area contributed by atoms with Gasteiger partial charge < -0.3 is 19.0 Å². The molecule has 5 atom stereocenters. The van der Waals surface area contributed by atoms with Crippen LogP contribution in [0.4, 0.5) is 0 Å². The Morgan fingerprint density at radius 3 is 2.50 bits per heavy atom. The van der Waals surface area contributed by atoms with E-state index in [1.165, 1.54) is 5.56 Å². The summed E-state index contributed by atoms with van der Waals surface area (Å²) in [7, 11) is -1.96. The molecule has 0 aromatic heterocycles. The molecule has 176 valence electrons. The third-order valence-corrected chi connectivity index (χ3v) is 12.7. The van der Waals surface area contributed by atoms with E-state index in [0.29, 0.717) is 25.0 Å². The highest BCUT2D eigenvalue weighted by Gasteiger charge is 2.62. The van der Waals surface area contributed by atoms with E-state index in [9.17, 15) is 5.11 Å². The number of ether oxygens (including phenoxy) is 2. The predicted molar refractivity (Wildman–Crippen MR) is 130 cm³/mol. The van der Waals surface area contributed by atoms with E-state index in [1.807, 2.05) is 0 Å². The second kappa shape index (κ2) is 9.23. The molecule has 0 bridgehead atoms. The number of aryl methyl sites for hydroxylation is 1. The van der Waals surface area contributed by atoms with Crippen molar-refractivity contribution in [1.82, 2.24) is 0 Å². The van der Waals surface area contributed by atoms with E-state index >= 15 is 0 Å². The summed E-state index contributed by atoms with van der Waals surface area (Å²) >= 11 is 0. The first kappa shape index (κ1) is 24.0. The number of benzene rings is 1. The highest BCUT2D eigenvalue weighted by molar-refractivity contribution is 6.74. The Balaban J connectivity index is 1.49. The van der Waals surface area contributed by atoms with E-state index < -0.39 is 14.1 Å². The fourth-order valence-electron chi connectivity index (χ4n) is 5.24. The summed E-state index contributed by atoms with van der Waals surface area (Å²) in [5.41, 5.74) is 1.31. The summed E-state index contributed by atoms with van der Waals surface area (Å²) in [6, 6.07) is 10.6. The lowest BCUT2D eigenvalue weighted by Gasteiger charge is -2.56. The number of aliphatic hydroxyl groups excluding tert-OH is 1. The van der Waals surface area contributed by atoms with Crippen LogP contribution >= 0.6 is 0 Å². The maximum absolute atomic E-state index is 10.8. The first-order chi connectivity index (χ1) is 15.1. The molecule has 1 aliphatic heterocycles. The normalized spacial score (nSPS) is 30.2. The van der Waals surface area contributed by atoms with Crippen LogP contribution in [0.25, 0.3) is 0 Å². The lowest BCUT2D eigenvalue weighted by Crippen LogP contribution is -2.60. The topological polar surface area (TPSA) is 47.9 Å². The molecule has 0 radical (unpaired) electrons. The number of aliphatic hydroxyl groups is 1. The van der Waals surface area contributed by atoms with Crippen molar-refractivity contribution in [2.45, 2.75) is 89.0 Å². The molecule has 1 aromatic rings. The molecule has 1 heterocycles. The molecule has 3 fully saturated rings. The van der Waals surface area contributed by atoms with Gasteiger partial charge in [0.2, 0.25) is 0 Å². The maximum Gasteiger partial charge on any atom is 0.193 e. The Morgan fingerprint density at radius 1 is 1.16 bits per heavy atom. The van der Waals surface area contributed by atoms with Crippen LogP contribution in [0.1, 0.15) is 52.0 Å². The summed E-state index contributed by atoms with van der Waals surface area (Å²) in [4.78, 5) is 0. The third-order valence-electron chi connectivity index (χ3n) is 8.22. The first-order valence-corrected chi connectivity index (χ1v) is 15.2. The molecule has 0 unspecified atom stereocenters. The SMILES string of the molecule is CC(C)(C)[Si](C)(C)O[C@@H](C#C[C@H]1[C@@H]2CC3(OCCO3)[C@@H]2CC[C@@H]1O)CCc1ccccc1. The van der Waals surface area contributed by atoms with E-state index in [1.54, 1.807) is 0 Å². The Bertz CT molecular complexity index is 829. The lowest BCUT2D eigenvalue weighted by atomic mass is 9.56. The lowest BCUT2D eigenvalue weighted by molar-refractivity contribution is -0.296. The van der Waals surface area contributed by atoms with Gasteiger partial charge in [0.1, 0.15) is 6.10 Å². The van der Waals surface area contributed by atoms with E-state index in [-0.39, 0.29) is 23.2 Å². The van der Waals surface area contributed by atoms with Crippen LogP contribution in [0.5, 0.6) is 0 Å². The quantitative estimate of drug-likeness (QED) is 0.491. The molecule has 1 N–H and O–H groups in total. The van der Waals surface area contributed by atoms with Gasteiger partial charge in [-0.1, -0.05) is 62.9 Å². The zero-order chi connectivity index (χ0) is 23.0. The fourth-order valence-corrected chi connectivity index (χ4v) is 6.49. The van der Waals surface area contributed by atoms with Crippen molar-refractivity contribution in [3.8, 4) is 11.8 Å². The van der Waals surface area contributed by atoms with Gasteiger partial charge in [0, 0.05) is 18.3 Å². The highest BCUT2D eigenvalue weighted by Crippen LogP contribution is 2.57. The summed E-state index contributed by atoms with van der Waals surface area (Å²) < 4.78 is 18.7. The second-order valence-corrected chi connectivity index (χ2v) is 16.1. The van der Waals surface area contributed by atoms with Crippen molar-refractivity contribution in [3.63, 3.8) is 0 Å². The van der Waals surface area contributed by atoms with Gasteiger partial charge in [-0.3, -0.25) is 0 Å². The molecule has 3 aliphatic rings. The minimum absolute atomic E-state index is 0.0191. The van der Waals surface area contributed by atoms with Crippen LogP contribution in [0, 0.1) is 29.6 Å². The third kappa shape index (κ3) is 4.86. The van der Waals surface area contributed by atoms with Gasteiger partial charge in [0.05, 0.1) is 19.3 Å². The molecular formula is C27H40O4Si. The molecule has 1 spiro atoms. The smallest absolute Gasteiger partial charge is 0.193 e. The van der Waals surface area contributed by atoms with E-state index in [4.69, 9.17) is 13.9 Å². The van der Waals surface area contributed by atoms with Crippen LogP contribution in [-0.2, 0) is 20.3 Å². The molecular weight excluding hydrogens is 416 g/mol. The van der Waals surface area contributed by atoms with Crippen molar-refractivity contribution in [2.24, 2.45) is 17.8 Å². The highest BCUT2D eigenvalue weighted by atomic mass is 28.4. The molecule has 5 heteroatoms. The molecule has 2 saturated carbocycles. The Labute approximate surface area is 195 Å². The van der Waals surface area contributed by atoms with Crippen molar-refractivity contribution in [2.75, 3.05) is 13.2 Å². The average molecular weight is 457 g/mol. The summed E-state index contributed by atoms with van der Waals surface area (Å²) in [6.07, 6.45) is 3.91. The van der Waals surface area contributed by atoms with Crippen LogP contribution < -0.4 is 0 Å². The van der Waals surface area contributed by atoms with Gasteiger partial charge in [0.25, 0.3) is 0 Å². The van der Waals surface area contributed by atoms with Gasteiger partial charge in [-0.25, -0.2) is 0 Å². The molecule has 1 aromatic carbocycles. The van der Waals surface area contributed by atoms with Gasteiger partial charge >= 0.3 is 0 Å². The molecule has 4 rings (SSSR count). The van der Waals surface area contributed by atoms with Gasteiger partial charge in [0.15, 0.2) is 14.1 Å². The molecule has 2 aliphatic carbocycles. The monoisotopic (exact) mass is 456 g/mol. The van der Waals surface area contributed by atoms with Gasteiger partial charge in [-0.2, -0.15) is 0 Å². The Hall–Kier alpha value is -1.16. The second-order valence-electron chi connectivity index (χ2n) is 11.3. The number of hydrogen-bond acceptors (Lipinski definition) is 4. The van der Waals surface area contributed by atoms with E-state index in [0.717, 1.165) is 32.1 Å². The molecule has 0 amide bonds. The summed E-state index contributed by atoms with van der Waals surface area (Å²) in [5.74, 6) is 7.31. The van der Waals surface area contributed by atoms with Crippen LogP contribution in [0.15, 0.2) is 30.3 Å². The minimum Gasteiger partial charge on any atom is -0.403 e. The zero-order valence-corrected chi connectivity index (χ0v) is 21.4. The fraction of sp³-hybridized carbons (Fsp3) is 0.704. The average Bonchev–Trinajstić information content (AvgIpc) is 3.22. The van der Waals surface area contributed by atoms with Crippen molar-refractivity contribution in [1.29, 1.82) is 0 Å². The Morgan fingerprint density at radius 2 is 1.84 bits per heavy atom. The van der Waals surface area contributed by atoms with Gasteiger partial charge in [-0.15, -0.1) is 0 Å². The summed E-state index contributed by atoms with van der Waals surface area (Å²) in [6.45, 7) is 12.8. The first-order valence-electron chi connectivity index (χ1n) is 12.3. The molecule has 4 nitrogen and oxygen atoms in total. The Kier molecular flexibility index (Phi) is 6.92. The zero-order valence-electron chi connectivity index (χ0n) is 20.4. The maximum atomic E-state index is 10.8. The minimum atomic E-state index is -1.96. The van der Waals surface area contributed by atoms with Gasteiger partial charge in [-0.05, 0) is 55.3 Å². The van der Waals surface area contributed by atoms with Crippen molar-refractivity contribution >= 4 is 8.32 Å². The van der Waals surface area contributed by atoms with E-state index in [2.05, 4.69) is 76.0 Å². The number of rotatable bonds is 5.